The lowest BCUT2D eigenvalue weighted by Crippen LogP contribution is -2.37. The Hall–Kier alpha value is -5.36. The summed E-state index contributed by atoms with van der Waals surface area (Å²) >= 11 is 0. The van der Waals surface area contributed by atoms with Gasteiger partial charge in [-0.25, -0.2) is 14.8 Å². The monoisotopic (exact) mass is 609 g/mol. The summed E-state index contributed by atoms with van der Waals surface area (Å²) in [5.41, 5.74) is 10.8. The fourth-order valence-corrected chi connectivity index (χ4v) is 4.85. The number of aromatic nitrogens is 3. The van der Waals surface area contributed by atoms with Crippen molar-refractivity contribution in [3.63, 3.8) is 0 Å². The number of morpholine rings is 1. The largest absolute Gasteiger partial charge is 0.445 e. The summed E-state index contributed by atoms with van der Waals surface area (Å²) in [4.78, 5) is 52.8. The van der Waals surface area contributed by atoms with E-state index in [1.165, 1.54) is 6.20 Å². The van der Waals surface area contributed by atoms with Crippen LogP contribution in [0.1, 0.15) is 27.2 Å². The molecule has 5 rings (SSSR count). The Morgan fingerprint density at radius 2 is 1.64 bits per heavy atom. The van der Waals surface area contributed by atoms with Gasteiger partial charge in [-0.1, -0.05) is 54.6 Å². The molecule has 232 valence electrons. The Labute approximate surface area is 261 Å². The topological polar surface area (TPSA) is 162 Å². The number of ketones is 1. The van der Waals surface area contributed by atoms with Crippen molar-refractivity contribution in [3.05, 3.63) is 102 Å². The molecule has 1 aliphatic rings. The minimum absolute atomic E-state index is 0.0628. The third-order valence-electron chi connectivity index (χ3n) is 7.19. The van der Waals surface area contributed by atoms with Crippen molar-refractivity contribution in [1.82, 2.24) is 25.6 Å². The van der Waals surface area contributed by atoms with Crippen LogP contribution in [-0.2, 0) is 33.7 Å². The smallest absolute Gasteiger partial charge is 0.407 e. The number of hydrogen-bond acceptors (Lipinski definition) is 10. The van der Waals surface area contributed by atoms with Crippen LogP contribution in [0.3, 0.4) is 0 Å². The van der Waals surface area contributed by atoms with Crippen molar-refractivity contribution in [3.8, 4) is 11.3 Å². The summed E-state index contributed by atoms with van der Waals surface area (Å²) in [6.07, 6.45) is 4.63. The van der Waals surface area contributed by atoms with Gasteiger partial charge < -0.3 is 30.7 Å². The molecule has 1 aliphatic heterocycles. The first kappa shape index (κ1) is 31.1. The highest BCUT2D eigenvalue weighted by molar-refractivity contribution is 6.00. The zero-order chi connectivity index (χ0) is 31.4. The molecule has 0 bridgehead atoms. The van der Waals surface area contributed by atoms with Crippen LogP contribution in [0, 0.1) is 0 Å². The summed E-state index contributed by atoms with van der Waals surface area (Å²) in [5.74, 6) is -0.376. The van der Waals surface area contributed by atoms with E-state index in [0.717, 1.165) is 41.0 Å². The highest BCUT2D eigenvalue weighted by Crippen LogP contribution is 2.24. The molecule has 0 radical (unpaired) electrons. The van der Waals surface area contributed by atoms with Gasteiger partial charge in [-0.2, -0.15) is 0 Å². The molecule has 4 aromatic rings. The number of nitrogens with one attached hydrogen (secondary N) is 2. The average Bonchev–Trinajstić information content (AvgIpc) is 3.07. The number of pyridine rings is 1. The number of Topliss-reactive ketones (excluding diaryl/α,β-unsaturated/α-hetero) is 1. The number of ether oxygens (including phenoxy) is 2. The highest BCUT2D eigenvalue weighted by atomic mass is 16.5. The maximum Gasteiger partial charge on any atom is 0.407 e. The van der Waals surface area contributed by atoms with Crippen molar-refractivity contribution in [2.24, 2.45) is 0 Å². The van der Waals surface area contributed by atoms with Crippen LogP contribution in [0.15, 0.2) is 79.3 Å². The summed E-state index contributed by atoms with van der Waals surface area (Å²) < 4.78 is 10.6. The Morgan fingerprint density at radius 3 is 2.42 bits per heavy atom. The van der Waals surface area contributed by atoms with Gasteiger partial charge in [0, 0.05) is 61.8 Å². The highest BCUT2D eigenvalue weighted by Gasteiger charge is 2.20. The van der Waals surface area contributed by atoms with E-state index in [-0.39, 0.29) is 55.7 Å². The van der Waals surface area contributed by atoms with E-state index in [1.54, 1.807) is 12.4 Å². The van der Waals surface area contributed by atoms with Crippen LogP contribution < -0.4 is 21.3 Å². The Morgan fingerprint density at radius 1 is 0.889 bits per heavy atom. The van der Waals surface area contributed by atoms with E-state index in [1.807, 2.05) is 60.7 Å². The second kappa shape index (κ2) is 15.4. The molecule has 4 N–H and O–H groups in total. The molecule has 12 nitrogen and oxygen atoms in total. The lowest BCUT2D eigenvalue weighted by Gasteiger charge is -2.30. The van der Waals surface area contributed by atoms with Crippen molar-refractivity contribution in [2.45, 2.75) is 19.4 Å². The van der Waals surface area contributed by atoms with Crippen LogP contribution in [0.2, 0.25) is 0 Å². The van der Waals surface area contributed by atoms with Gasteiger partial charge in [-0.05, 0) is 17.2 Å². The van der Waals surface area contributed by atoms with Gasteiger partial charge in [0.15, 0.2) is 11.6 Å². The number of nitrogens with zero attached hydrogens (tertiary/aromatic N) is 4. The molecular weight excluding hydrogens is 574 g/mol. The normalized spacial score (nSPS) is 12.8. The Bertz CT molecular complexity index is 1610. The van der Waals surface area contributed by atoms with Gasteiger partial charge in [0.2, 0.25) is 5.91 Å². The van der Waals surface area contributed by atoms with Gasteiger partial charge in [0.25, 0.3) is 0 Å². The minimum atomic E-state index is -0.547. The standard InChI is InChI=1S/C33H35N7O5/c34-32-31(29(41)19-26-20-35-11-10-28(26)40-14-16-44-17-15-40)39-27(21-38-32)25-8-6-23(7-9-25)18-30(42)36-12-13-37-33(43)45-22-24-4-2-1-3-5-24/h1-11,20-21H,12-19,22H2,(H2,34,38)(H,36,42)(H,37,43). The number of carbonyl (C=O) groups is 3. The Balaban J connectivity index is 1.11. The predicted octanol–water partition coefficient (Wildman–Crippen LogP) is 2.97. The number of alkyl carbamates (subject to hydrolysis) is 1. The van der Waals surface area contributed by atoms with Crippen LogP contribution in [0.25, 0.3) is 11.3 Å². The molecule has 1 saturated heterocycles. The number of hydrogen-bond donors (Lipinski definition) is 3. The first-order valence-corrected chi connectivity index (χ1v) is 14.7. The van der Waals surface area contributed by atoms with Gasteiger partial charge >= 0.3 is 6.09 Å². The van der Waals surface area contributed by atoms with Crippen LogP contribution in [0.5, 0.6) is 0 Å². The third kappa shape index (κ3) is 8.83. The second-order valence-electron chi connectivity index (χ2n) is 10.4. The second-order valence-corrected chi connectivity index (χ2v) is 10.4. The summed E-state index contributed by atoms with van der Waals surface area (Å²) in [6.45, 7) is 3.42. The van der Waals surface area contributed by atoms with Crippen molar-refractivity contribution < 1.29 is 23.9 Å². The number of nitrogen functional groups attached to an aromatic ring is 1. The van der Waals surface area contributed by atoms with E-state index >= 15 is 0 Å². The molecule has 1 fully saturated rings. The average molecular weight is 610 g/mol. The fourth-order valence-electron chi connectivity index (χ4n) is 4.85. The van der Waals surface area contributed by atoms with E-state index in [0.29, 0.717) is 18.9 Å². The maximum atomic E-state index is 13.3. The number of carbonyl (C=O) groups excluding carboxylic acids is 3. The minimum Gasteiger partial charge on any atom is -0.445 e. The molecule has 0 saturated carbocycles. The van der Waals surface area contributed by atoms with Crippen LogP contribution >= 0.6 is 0 Å². The molecule has 0 aliphatic carbocycles. The van der Waals surface area contributed by atoms with E-state index in [4.69, 9.17) is 15.2 Å². The first-order chi connectivity index (χ1) is 22.0. The summed E-state index contributed by atoms with van der Waals surface area (Å²) in [5, 5.41) is 5.39. The zero-order valence-electron chi connectivity index (χ0n) is 24.8. The SMILES string of the molecule is Nc1ncc(-c2ccc(CC(=O)NCCNC(=O)OCc3ccccc3)cc2)nc1C(=O)Cc1cnccc1N1CCOCC1. The number of rotatable bonds is 12. The van der Waals surface area contributed by atoms with E-state index < -0.39 is 6.09 Å². The number of nitrogens with two attached hydrogens (primary N) is 1. The van der Waals surface area contributed by atoms with Gasteiger partial charge in [-0.3, -0.25) is 14.6 Å². The molecule has 0 atom stereocenters. The van der Waals surface area contributed by atoms with Crippen molar-refractivity contribution in [1.29, 1.82) is 0 Å². The van der Waals surface area contributed by atoms with E-state index in [9.17, 15) is 14.4 Å². The lowest BCUT2D eigenvalue weighted by atomic mass is 10.0. The molecule has 2 aromatic heterocycles. The molecular formula is C33H35N7O5. The van der Waals surface area contributed by atoms with Gasteiger partial charge in [-0.15, -0.1) is 0 Å². The zero-order valence-corrected chi connectivity index (χ0v) is 24.8. The molecule has 0 unspecified atom stereocenters. The fraction of sp³-hybridized carbons (Fsp3) is 0.273. The Kier molecular flexibility index (Phi) is 10.6. The molecule has 2 aromatic carbocycles. The number of benzene rings is 2. The number of amides is 2. The van der Waals surface area contributed by atoms with Crippen molar-refractivity contribution in [2.75, 3.05) is 50.0 Å². The molecule has 2 amide bonds. The summed E-state index contributed by atoms with van der Waals surface area (Å²) in [7, 11) is 0. The van der Waals surface area contributed by atoms with E-state index in [2.05, 4.69) is 30.5 Å². The van der Waals surface area contributed by atoms with Crippen LogP contribution in [0.4, 0.5) is 16.3 Å². The molecule has 45 heavy (non-hydrogen) atoms. The lowest BCUT2D eigenvalue weighted by molar-refractivity contribution is -0.120. The predicted molar refractivity (Wildman–Crippen MR) is 169 cm³/mol. The molecule has 0 spiro atoms. The third-order valence-corrected chi connectivity index (χ3v) is 7.19. The maximum absolute atomic E-state index is 13.3. The summed E-state index contributed by atoms with van der Waals surface area (Å²) in [6, 6.07) is 18.6. The van der Waals surface area contributed by atoms with Gasteiger partial charge in [0.1, 0.15) is 12.3 Å². The van der Waals surface area contributed by atoms with Gasteiger partial charge in [0.05, 0.1) is 31.5 Å². The van der Waals surface area contributed by atoms with Crippen LogP contribution in [-0.4, -0.2) is 72.1 Å². The number of anilines is 2. The quantitative estimate of drug-likeness (QED) is 0.161. The first-order valence-electron chi connectivity index (χ1n) is 14.7. The van der Waals surface area contributed by atoms with Crippen molar-refractivity contribution >= 4 is 29.3 Å². The molecule has 12 heteroatoms. The molecule has 3 heterocycles.